The Bertz CT molecular complexity index is 880. The minimum atomic E-state index is -0.531. The van der Waals surface area contributed by atoms with Crippen LogP contribution in [0.2, 0.25) is 0 Å². The third-order valence-electron chi connectivity index (χ3n) is 5.43. The normalized spacial score (nSPS) is 9.92. The second-order valence-electron chi connectivity index (χ2n) is 8.38. The number of benzene rings is 2. The highest BCUT2D eigenvalue weighted by Crippen LogP contribution is 2.11. The molecule has 0 spiro atoms. The first-order valence-electron chi connectivity index (χ1n) is 12.1. The average molecular weight is 541 g/mol. The van der Waals surface area contributed by atoms with E-state index in [2.05, 4.69) is 35.1 Å². The number of aryl methyl sites for hydroxylation is 2. The fourth-order valence-corrected chi connectivity index (χ4v) is 3.49. The van der Waals surface area contributed by atoms with Gasteiger partial charge in [-0.15, -0.1) is 24.8 Å². The molecule has 2 rings (SSSR count). The zero-order valence-corrected chi connectivity index (χ0v) is 22.3. The lowest BCUT2D eigenvalue weighted by Crippen LogP contribution is -2.29. The number of hydrogen-bond acceptors (Lipinski definition) is 5. The highest BCUT2D eigenvalue weighted by Gasteiger charge is 2.09. The number of rotatable bonds is 15. The van der Waals surface area contributed by atoms with E-state index in [0.717, 1.165) is 44.1 Å². The van der Waals surface area contributed by atoms with Gasteiger partial charge in [0.05, 0.1) is 6.42 Å². The van der Waals surface area contributed by atoms with E-state index < -0.39 is 5.97 Å². The molecule has 0 aliphatic rings. The maximum absolute atomic E-state index is 12.0. The van der Waals surface area contributed by atoms with Crippen molar-refractivity contribution in [1.29, 1.82) is 0 Å². The first-order valence-corrected chi connectivity index (χ1v) is 12.1. The predicted octanol–water partition coefficient (Wildman–Crippen LogP) is 4.24. The van der Waals surface area contributed by atoms with Crippen LogP contribution < -0.4 is 16.5 Å². The Hall–Kier alpha value is -2.61. The van der Waals surface area contributed by atoms with E-state index in [0.29, 0.717) is 25.9 Å². The van der Waals surface area contributed by atoms with Crippen LogP contribution in [0.4, 0.5) is 0 Å². The molecular formula is C27H39Cl2N3O4. The number of carbonyl (C=O) groups excluding carboxylic acids is 3. The molecule has 0 saturated heterocycles. The lowest BCUT2D eigenvalue weighted by Gasteiger charge is -2.08. The number of unbranched alkanes of at least 4 members (excludes halogenated alkanes) is 2. The quantitative estimate of drug-likeness (QED) is 0.231. The van der Waals surface area contributed by atoms with Crippen LogP contribution in [0.1, 0.15) is 61.6 Å². The van der Waals surface area contributed by atoms with Gasteiger partial charge < -0.3 is 15.9 Å². The summed E-state index contributed by atoms with van der Waals surface area (Å²) in [6.45, 7) is 0.967. The second-order valence-corrected chi connectivity index (χ2v) is 8.38. The van der Waals surface area contributed by atoms with Crippen LogP contribution >= 0.6 is 24.8 Å². The van der Waals surface area contributed by atoms with Crippen molar-refractivity contribution in [3.63, 3.8) is 0 Å². The number of nitrogens with two attached hydrogens (primary N) is 1. The molecule has 2 aromatic rings. The molecule has 0 radical (unpaired) electrons. The molecule has 0 fully saturated rings. The standard InChI is InChI=1S/C27H37N3O4.2ClH/c28-19-7-6-13-25(31)29-20-8-14-27(33)34-30-26(32)21-24-17-15-23(16-18-24)12-5-4-11-22-9-2-1-3-10-22;;/h1-3,9-10,15-18H,4-8,11-14,19-21,28H2,(H,29,31)(H,30,32);2*1H. The van der Waals surface area contributed by atoms with Crippen molar-refractivity contribution >= 4 is 42.6 Å². The van der Waals surface area contributed by atoms with Crippen LogP contribution in [0.25, 0.3) is 0 Å². The van der Waals surface area contributed by atoms with Crippen molar-refractivity contribution in [3.05, 3.63) is 71.3 Å². The van der Waals surface area contributed by atoms with Gasteiger partial charge in [-0.3, -0.25) is 9.59 Å². The topological polar surface area (TPSA) is 111 Å². The Kier molecular flexibility index (Phi) is 19.1. The van der Waals surface area contributed by atoms with Gasteiger partial charge in [-0.2, -0.15) is 5.48 Å². The first-order chi connectivity index (χ1) is 16.6. The fraction of sp³-hybridized carbons (Fsp3) is 0.444. The monoisotopic (exact) mass is 539 g/mol. The van der Waals surface area contributed by atoms with Crippen LogP contribution in [0.3, 0.4) is 0 Å². The van der Waals surface area contributed by atoms with Crippen molar-refractivity contribution in [2.75, 3.05) is 13.1 Å². The zero-order valence-electron chi connectivity index (χ0n) is 20.7. The molecular weight excluding hydrogens is 501 g/mol. The van der Waals surface area contributed by atoms with Gasteiger partial charge in [0.15, 0.2) is 0 Å². The molecule has 7 nitrogen and oxygen atoms in total. The average Bonchev–Trinajstić information content (AvgIpc) is 2.85. The predicted molar refractivity (Wildman–Crippen MR) is 147 cm³/mol. The van der Waals surface area contributed by atoms with Crippen LogP contribution in [0, 0.1) is 0 Å². The highest BCUT2D eigenvalue weighted by atomic mass is 35.5. The minimum Gasteiger partial charge on any atom is -0.356 e. The summed E-state index contributed by atoms with van der Waals surface area (Å²) in [5.74, 6) is -0.956. The minimum absolute atomic E-state index is 0. The number of hydroxylamine groups is 1. The van der Waals surface area contributed by atoms with Gasteiger partial charge in [0.25, 0.3) is 5.91 Å². The molecule has 2 aromatic carbocycles. The zero-order chi connectivity index (χ0) is 24.4. The molecule has 200 valence electrons. The summed E-state index contributed by atoms with van der Waals surface area (Å²) in [5, 5.41) is 2.75. The molecule has 0 unspecified atom stereocenters. The van der Waals surface area contributed by atoms with Crippen LogP contribution in [-0.4, -0.2) is 30.9 Å². The molecule has 0 atom stereocenters. The van der Waals surface area contributed by atoms with E-state index in [4.69, 9.17) is 10.6 Å². The Morgan fingerprint density at radius 1 is 0.694 bits per heavy atom. The van der Waals surface area contributed by atoms with Gasteiger partial charge in [-0.1, -0.05) is 54.6 Å². The SMILES string of the molecule is Cl.Cl.NCCCCC(=O)NCCCC(=O)ONC(=O)Cc1ccc(CCCCc2ccccc2)cc1. The van der Waals surface area contributed by atoms with E-state index >= 15 is 0 Å². The number of nitrogens with one attached hydrogen (secondary N) is 2. The number of carbonyl (C=O) groups is 3. The Morgan fingerprint density at radius 3 is 1.94 bits per heavy atom. The van der Waals surface area contributed by atoms with Gasteiger partial charge in [0.1, 0.15) is 0 Å². The van der Waals surface area contributed by atoms with Gasteiger partial charge >= 0.3 is 5.97 Å². The van der Waals surface area contributed by atoms with Crippen molar-refractivity contribution in [2.45, 2.75) is 64.2 Å². The van der Waals surface area contributed by atoms with Gasteiger partial charge in [-0.05, 0) is 68.2 Å². The van der Waals surface area contributed by atoms with Crippen molar-refractivity contribution < 1.29 is 19.2 Å². The third-order valence-corrected chi connectivity index (χ3v) is 5.43. The van der Waals surface area contributed by atoms with E-state index in [-0.39, 0.29) is 49.5 Å². The molecule has 4 N–H and O–H groups in total. The molecule has 36 heavy (non-hydrogen) atoms. The first kappa shape index (κ1) is 33.4. The molecule has 0 bridgehead atoms. The van der Waals surface area contributed by atoms with E-state index in [9.17, 15) is 14.4 Å². The Balaban J connectivity index is 0.00000612. The van der Waals surface area contributed by atoms with Crippen molar-refractivity contribution in [1.82, 2.24) is 10.8 Å². The summed E-state index contributed by atoms with van der Waals surface area (Å²) in [6, 6.07) is 18.4. The summed E-state index contributed by atoms with van der Waals surface area (Å²) in [5.41, 5.74) is 11.1. The highest BCUT2D eigenvalue weighted by molar-refractivity contribution is 5.85. The lowest BCUT2D eigenvalue weighted by molar-refractivity contribution is -0.158. The smallest absolute Gasteiger partial charge is 0.332 e. The molecule has 0 aliphatic heterocycles. The second kappa shape index (κ2) is 20.6. The molecule has 2 amide bonds. The van der Waals surface area contributed by atoms with E-state index in [1.54, 1.807) is 0 Å². The molecule has 0 saturated carbocycles. The maximum Gasteiger partial charge on any atom is 0.332 e. The number of amides is 2. The Morgan fingerprint density at radius 2 is 1.31 bits per heavy atom. The van der Waals surface area contributed by atoms with Crippen LogP contribution in [0.15, 0.2) is 54.6 Å². The Labute approximate surface area is 226 Å². The molecule has 9 heteroatoms. The summed E-state index contributed by atoms with van der Waals surface area (Å²) >= 11 is 0. The van der Waals surface area contributed by atoms with Crippen LogP contribution in [0.5, 0.6) is 0 Å². The number of hydrogen-bond donors (Lipinski definition) is 3. The summed E-state index contributed by atoms with van der Waals surface area (Å²) in [7, 11) is 0. The summed E-state index contributed by atoms with van der Waals surface area (Å²) < 4.78 is 0. The molecule has 0 heterocycles. The maximum atomic E-state index is 12.0. The largest absolute Gasteiger partial charge is 0.356 e. The van der Waals surface area contributed by atoms with Gasteiger partial charge in [-0.25, -0.2) is 4.79 Å². The van der Waals surface area contributed by atoms with Crippen LogP contribution in [-0.2, 0) is 38.5 Å². The number of halogens is 2. The lowest BCUT2D eigenvalue weighted by atomic mass is 10.0. The third kappa shape index (κ3) is 15.4. The molecule has 0 aromatic heterocycles. The summed E-state index contributed by atoms with van der Waals surface area (Å²) in [4.78, 5) is 40.2. The molecule has 0 aliphatic carbocycles. The van der Waals surface area contributed by atoms with Gasteiger partial charge in [0, 0.05) is 19.4 Å². The van der Waals surface area contributed by atoms with E-state index in [1.165, 1.54) is 11.1 Å². The van der Waals surface area contributed by atoms with Gasteiger partial charge in [0.2, 0.25) is 5.91 Å². The van der Waals surface area contributed by atoms with E-state index in [1.807, 2.05) is 30.3 Å². The van der Waals surface area contributed by atoms with Crippen molar-refractivity contribution in [2.24, 2.45) is 5.73 Å². The fourth-order valence-electron chi connectivity index (χ4n) is 3.49. The van der Waals surface area contributed by atoms with Crippen molar-refractivity contribution in [3.8, 4) is 0 Å². The summed E-state index contributed by atoms with van der Waals surface area (Å²) in [6.07, 6.45) is 7.06.